The van der Waals surface area contributed by atoms with Gasteiger partial charge in [-0.05, 0) is 18.6 Å². The van der Waals surface area contributed by atoms with Gasteiger partial charge in [0.2, 0.25) is 0 Å². The average Bonchev–Trinajstić information content (AvgIpc) is 3.20. The Hall–Kier alpha value is -2.41. The van der Waals surface area contributed by atoms with Crippen molar-refractivity contribution in [3.63, 3.8) is 0 Å². The number of H-pyrrole nitrogens is 1. The Kier molecular flexibility index (Phi) is 3.83. The highest BCUT2D eigenvalue weighted by Gasteiger charge is 2.14. The number of carbonyl (C=O) groups excluding carboxylic acids is 1. The van der Waals surface area contributed by atoms with Gasteiger partial charge in [-0.1, -0.05) is 13.3 Å². The van der Waals surface area contributed by atoms with Crippen molar-refractivity contribution in [3.05, 3.63) is 41.2 Å². The first-order valence-electron chi connectivity index (χ1n) is 6.61. The summed E-state index contributed by atoms with van der Waals surface area (Å²) >= 11 is 1.37. The van der Waals surface area contributed by atoms with Crippen LogP contribution >= 0.6 is 11.3 Å². The molecule has 0 unspecified atom stereocenters. The monoisotopic (exact) mass is 302 g/mol. The van der Waals surface area contributed by atoms with Gasteiger partial charge in [0.25, 0.3) is 5.91 Å². The first kappa shape index (κ1) is 13.6. The van der Waals surface area contributed by atoms with Gasteiger partial charge in [0, 0.05) is 17.1 Å². The minimum absolute atomic E-state index is 0.279. The Morgan fingerprint density at radius 2 is 2.43 bits per heavy atom. The van der Waals surface area contributed by atoms with Crippen molar-refractivity contribution in [1.29, 1.82) is 0 Å². The fourth-order valence-electron chi connectivity index (χ4n) is 1.89. The van der Waals surface area contributed by atoms with Gasteiger partial charge < -0.3 is 9.73 Å². The summed E-state index contributed by atoms with van der Waals surface area (Å²) in [5, 5.41) is 12.1. The zero-order chi connectivity index (χ0) is 14.7. The Labute approximate surface area is 125 Å². The summed E-state index contributed by atoms with van der Waals surface area (Å²) in [5.41, 5.74) is 1.36. The van der Waals surface area contributed by atoms with Crippen LogP contribution in [0.5, 0.6) is 0 Å². The van der Waals surface area contributed by atoms with Gasteiger partial charge in [0.05, 0.1) is 6.26 Å². The van der Waals surface area contributed by atoms with Crippen molar-refractivity contribution in [3.8, 4) is 10.8 Å². The van der Waals surface area contributed by atoms with Crippen molar-refractivity contribution >= 4 is 23.1 Å². The molecule has 0 aromatic carbocycles. The van der Waals surface area contributed by atoms with E-state index in [9.17, 15) is 4.79 Å². The third kappa shape index (κ3) is 3.03. The molecule has 0 bridgehead atoms. The maximum atomic E-state index is 12.1. The number of furan rings is 1. The van der Waals surface area contributed by atoms with Crippen molar-refractivity contribution in [2.45, 2.75) is 19.8 Å². The zero-order valence-electron chi connectivity index (χ0n) is 11.4. The predicted octanol–water partition coefficient (Wildman–Crippen LogP) is 3.33. The molecule has 6 nitrogen and oxygen atoms in total. The molecule has 0 spiro atoms. The molecule has 108 valence electrons. The number of nitrogens with one attached hydrogen (secondary N) is 2. The lowest BCUT2D eigenvalue weighted by Gasteiger charge is -1.97. The summed E-state index contributed by atoms with van der Waals surface area (Å²) < 4.78 is 5.26. The van der Waals surface area contributed by atoms with E-state index in [0.29, 0.717) is 22.3 Å². The third-order valence-electron chi connectivity index (χ3n) is 2.86. The van der Waals surface area contributed by atoms with Crippen LogP contribution in [0.4, 0.5) is 5.82 Å². The third-order valence-corrected chi connectivity index (χ3v) is 3.72. The van der Waals surface area contributed by atoms with Crippen LogP contribution in [-0.4, -0.2) is 21.1 Å². The second-order valence-corrected chi connectivity index (χ2v) is 5.36. The molecule has 2 N–H and O–H groups in total. The van der Waals surface area contributed by atoms with Crippen LogP contribution in [0.25, 0.3) is 10.8 Å². The minimum atomic E-state index is -0.279. The SMILES string of the molecule is CCCc1cc(NC(=O)c2csc(-c3ccco3)n2)n[nH]1. The van der Waals surface area contributed by atoms with Gasteiger partial charge in [0.1, 0.15) is 5.69 Å². The number of aryl methyl sites for hydroxylation is 1. The Morgan fingerprint density at radius 3 is 3.19 bits per heavy atom. The Morgan fingerprint density at radius 1 is 1.52 bits per heavy atom. The van der Waals surface area contributed by atoms with E-state index in [1.807, 2.05) is 12.1 Å². The van der Waals surface area contributed by atoms with Crippen LogP contribution in [0.2, 0.25) is 0 Å². The number of anilines is 1. The number of aromatic nitrogens is 3. The van der Waals surface area contributed by atoms with E-state index >= 15 is 0 Å². The van der Waals surface area contributed by atoms with Gasteiger partial charge >= 0.3 is 0 Å². The van der Waals surface area contributed by atoms with Crippen LogP contribution in [0.15, 0.2) is 34.3 Å². The minimum Gasteiger partial charge on any atom is -0.462 e. The molecule has 0 fully saturated rings. The van der Waals surface area contributed by atoms with Crippen molar-refractivity contribution in [2.24, 2.45) is 0 Å². The van der Waals surface area contributed by atoms with E-state index in [1.165, 1.54) is 11.3 Å². The number of amides is 1. The Balaban J connectivity index is 1.70. The molecule has 1 amide bonds. The van der Waals surface area contributed by atoms with Gasteiger partial charge in [-0.15, -0.1) is 11.3 Å². The standard InChI is InChI=1S/C14H14N4O2S/c1-2-4-9-7-12(18-17-9)16-13(19)10-8-21-14(15-10)11-5-3-6-20-11/h3,5-8H,2,4H2,1H3,(H2,16,17,18,19). The summed E-state index contributed by atoms with van der Waals surface area (Å²) in [6, 6.07) is 5.43. The molecule has 0 aliphatic heterocycles. The molecular weight excluding hydrogens is 288 g/mol. The average molecular weight is 302 g/mol. The van der Waals surface area contributed by atoms with Gasteiger partial charge in [-0.2, -0.15) is 5.10 Å². The predicted molar refractivity (Wildman–Crippen MR) is 80.4 cm³/mol. The van der Waals surface area contributed by atoms with Crippen LogP contribution in [0.3, 0.4) is 0 Å². The van der Waals surface area contributed by atoms with Gasteiger partial charge in [-0.25, -0.2) is 4.98 Å². The van der Waals surface area contributed by atoms with Crippen LogP contribution in [0, 0.1) is 0 Å². The van der Waals surface area contributed by atoms with E-state index in [2.05, 4.69) is 27.4 Å². The second-order valence-electron chi connectivity index (χ2n) is 4.50. The van der Waals surface area contributed by atoms with E-state index in [4.69, 9.17) is 4.42 Å². The quantitative estimate of drug-likeness (QED) is 0.757. The summed E-state index contributed by atoms with van der Waals surface area (Å²) in [5.74, 6) is 0.888. The summed E-state index contributed by atoms with van der Waals surface area (Å²) in [6.45, 7) is 2.09. The molecule has 3 aromatic heterocycles. The highest BCUT2D eigenvalue weighted by Crippen LogP contribution is 2.24. The molecule has 0 aliphatic carbocycles. The summed E-state index contributed by atoms with van der Waals surface area (Å²) in [7, 11) is 0. The zero-order valence-corrected chi connectivity index (χ0v) is 12.2. The van der Waals surface area contributed by atoms with E-state index in [0.717, 1.165) is 18.5 Å². The summed E-state index contributed by atoms with van der Waals surface area (Å²) in [4.78, 5) is 16.4. The molecular formula is C14H14N4O2S. The molecule has 3 rings (SSSR count). The first-order chi connectivity index (χ1) is 10.3. The normalized spacial score (nSPS) is 10.7. The Bertz CT molecular complexity index is 730. The topological polar surface area (TPSA) is 83.8 Å². The lowest BCUT2D eigenvalue weighted by Crippen LogP contribution is -2.12. The van der Waals surface area contributed by atoms with E-state index in [1.54, 1.807) is 17.7 Å². The molecule has 0 saturated carbocycles. The number of hydrogen-bond donors (Lipinski definition) is 2. The number of rotatable bonds is 5. The maximum Gasteiger partial charge on any atom is 0.276 e. The molecule has 3 aromatic rings. The van der Waals surface area contributed by atoms with Crippen molar-refractivity contribution in [2.75, 3.05) is 5.32 Å². The molecule has 0 aliphatic rings. The highest BCUT2D eigenvalue weighted by atomic mass is 32.1. The number of carbonyl (C=O) groups is 1. The number of hydrogen-bond acceptors (Lipinski definition) is 5. The molecule has 21 heavy (non-hydrogen) atoms. The molecule has 0 radical (unpaired) electrons. The molecule has 7 heteroatoms. The largest absolute Gasteiger partial charge is 0.462 e. The lowest BCUT2D eigenvalue weighted by molar-refractivity contribution is 0.102. The second kappa shape index (κ2) is 5.92. The van der Waals surface area contributed by atoms with Gasteiger partial charge in [0.15, 0.2) is 16.6 Å². The van der Waals surface area contributed by atoms with Gasteiger partial charge in [-0.3, -0.25) is 9.89 Å². The van der Waals surface area contributed by atoms with Crippen LogP contribution in [0.1, 0.15) is 29.5 Å². The lowest BCUT2D eigenvalue weighted by atomic mass is 10.2. The fraction of sp³-hybridized carbons (Fsp3) is 0.214. The highest BCUT2D eigenvalue weighted by molar-refractivity contribution is 7.13. The van der Waals surface area contributed by atoms with E-state index in [-0.39, 0.29) is 5.91 Å². The van der Waals surface area contributed by atoms with Crippen molar-refractivity contribution in [1.82, 2.24) is 15.2 Å². The van der Waals surface area contributed by atoms with Crippen molar-refractivity contribution < 1.29 is 9.21 Å². The number of thiazole rings is 1. The molecule has 0 saturated heterocycles. The maximum absolute atomic E-state index is 12.1. The summed E-state index contributed by atoms with van der Waals surface area (Å²) in [6.07, 6.45) is 3.51. The van der Waals surface area contributed by atoms with E-state index < -0.39 is 0 Å². The fourth-order valence-corrected chi connectivity index (χ4v) is 2.66. The number of aromatic amines is 1. The molecule has 3 heterocycles. The first-order valence-corrected chi connectivity index (χ1v) is 7.49. The molecule has 0 atom stereocenters. The van der Waals surface area contributed by atoms with Crippen LogP contribution < -0.4 is 5.32 Å². The number of nitrogens with zero attached hydrogens (tertiary/aromatic N) is 2. The van der Waals surface area contributed by atoms with Crippen LogP contribution in [-0.2, 0) is 6.42 Å². The smallest absolute Gasteiger partial charge is 0.276 e.